The van der Waals surface area contributed by atoms with Gasteiger partial charge < -0.3 is 10.2 Å². The zero-order valence-corrected chi connectivity index (χ0v) is 12.7. The summed E-state index contributed by atoms with van der Waals surface area (Å²) in [6.07, 6.45) is 8.65. The molecule has 1 aliphatic carbocycles. The predicted molar refractivity (Wildman–Crippen MR) is 78.9 cm³/mol. The molecule has 1 saturated heterocycles. The van der Waals surface area contributed by atoms with E-state index in [0.29, 0.717) is 5.41 Å². The molecular formula is C16H32N2. The summed E-state index contributed by atoms with van der Waals surface area (Å²) in [6, 6.07) is 0.777. The molecule has 2 fully saturated rings. The van der Waals surface area contributed by atoms with E-state index in [0.717, 1.165) is 12.0 Å². The molecule has 18 heavy (non-hydrogen) atoms. The van der Waals surface area contributed by atoms with Crippen molar-refractivity contribution in [1.29, 1.82) is 0 Å². The van der Waals surface area contributed by atoms with Gasteiger partial charge in [-0.3, -0.25) is 0 Å². The highest BCUT2D eigenvalue weighted by molar-refractivity contribution is 4.86. The summed E-state index contributed by atoms with van der Waals surface area (Å²) >= 11 is 0. The van der Waals surface area contributed by atoms with Crippen LogP contribution >= 0.6 is 0 Å². The van der Waals surface area contributed by atoms with E-state index < -0.39 is 0 Å². The maximum Gasteiger partial charge on any atom is 0.0223 e. The first-order valence-electron chi connectivity index (χ1n) is 8.00. The van der Waals surface area contributed by atoms with Gasteiger partial charge in [-0.1, -0.05) is 40.0 Å². The Hall–Kier alpha value is -0.0800. The van der Waals surface area contributed by atoms with Crippen molar-refractivity contribution in [2.45, 2.75) is 65.3 Å². The normalized spacial score (nSPS) is 28.5. The zero-order chi connectivity index (χ0) is 13.0. The minimum Gasteiger partial charge on any atom is -0.311 e. The first-order chi connectivity index (χ1) is 8.54. The van der Waals surface area contributed by atoms with Crippen molar-refractivity contribution in [2.75, 3.05) is 26.2 Å². The third kappa shape index (κ3) is 4.55. The van der Waals surface area contributed by atoms with Gasteiger partial charge in [0.15, 0.2) is 0 Å². The Morgan fingerprint density at radius 1 is 1.11 bits per heavy atom. The molecular weight excluding hydrogens is 220 g/mol. The lowest BCUT2D eigenvalue weighted by Gasteiger charge is -2.40. The number of hydrogen-bond acceptors (Lipinski definition) is 2. The van der Waals surface area contributed by atoms with Crippen LogP contribution in [0.3, 0.4) is 0 Å². The summed E-state index contributed by atoms with van der Waals surface area (Å²) in [5.41, 5.74) is 0.477. The van der Waals surface area contributed by atoms with Crippen LogP contribution in [0, 0.1) is 11.3 Å². The van der Waals surface area contributed by atoms with Crippen molar-refractivity contribution in [3.8, 4) is 0 Å². The molecule has 2 heteroatoms. The number of nitrogens with zero attached hydrogens (tertiary/aromatic N) is 1. The molecule has 1 N–H and O–H groups in total. The van der Waals surface area contributed by atoms with Crippen LogP contribution in [-0.4, -0.2) is 37.1 Å². The van der Waals surface area contributed by atoms with Crippen molar-refractivity contribution < 1.29 is 0 Å². The van der Waals surface area contributed by atoms with Crippen molar-refractivity contribution in [2.24, 2.45) is 11.3 Å². The second kappa shape index (κ2) is 6.38. The van der Waals surface area contributed by atoms with Crippen molar-refractivity contribution in [3.05, 3.63) is 0 Å². The fraction of sp³-hybridized carbons (Fsp3) is 1.00. The highest BCUT2D eigenvalue weighted by Gasteiger charge is 2.28. The Morgan fingerprint density at radius 2 is 1.83 bits per heavy atom. The molecule has 1 aliphatic heterocycles. The van der Waals surface area contributed by atoms with Gasteiger partial charge in [0.2, 0.25) is 0 Å². The molecule has 0 aromatic heterocycles. The first-order valence-corrected chi connectivity index (χ1v) is 8.00. The monoisotopic (exact) mass is 252 g/mol. The number of hydrogen-bond donors (Lipinski definition) is 1. The van der Waals surface area contributed by atoms with Crippen LogP contribution in [0.25, 0.3) is 0 Å². The molecule has 1 atom stereocenters. The van der Waals surface area contributed by atoms with E-state index in [1.165, 1.54) is 64.7 Å². The second-order valence-corrected chi connectivity index (χ2v) is 7.57. The fourth-order valence-electron chi connectivity index (χ4n) is 3.39. The van der Waals surface area contributed by atoms with Crippen LogP contribution in [0.2, 0.25) is 0 Å². The van der Waals surface area contributed by atoms with E-state index in [1.54, 1.807) is 0 Å². The summed E-state index contributed by atoms with van der Waals surface area (Å²) in [5, 5.41) is 3.77. The SMILES string of the molecule is CC(C)(C)CCN1CCNC(C2CCCCC2)C1. The van der Waals surface area contributed by atoms with Gasteiger partial charge in [0, 0.05) is 25.7 Å². The van der Waals surface area contributed by atoms with E-state index in [9.17, 15) is 0 Å². The molecule has 2 nitrogen and oxygen atoms in total. The molecule has 1 unspecified atom stereocenters. The van der Waals surface area contributed by atoms with Gasteiger partial charge in [-0.05, 0) is 37.1 Å². The lowest BCUT2D eigenvalue weighted by Crippen LogP contribution is -2.54. The maximum atomic E-state index is 3.77. The molecule has 0 amide bonds. The average Bonchev–Trinajstić information content (AvgIpc) is 2.37. The van der Waals surface area contributed by atoms with Crippen molar-refractivity contribution in [3.63, 3.8) is 0 Å². The number of piperazine rings is 1. The highest BCUT2D eigenvalue weighted by Crippen LogP contribution is 2.28. The van der Waals surface area contributed by atoms with Crippen LogP contribution in [0.1, 0.15) is 59.3 Å². The number of nitrogens with one attached hydrogen (secondary N) is 1. The van der Waals surface area contributed by atoms with Gasteiger partial charge in [0.1, 0.15) is 0 Å². The van der Waals surface area contributed by atoms with E-state index in [4.69, 9.17) is 0 Å². The molecule has 1 saturated carbocycles. The van der Waals surface area contributed by atoms with Crippen molar-refractivity contribution in [1.82, 2.24) is 10.2 Å². The lowest BCUT2D eigenvalue weighted by atomic mass is 9.83. The largest absolute Gasteiger partial charge is 0.311 e. The first kappa shape index (κ1) is 14.3. The predicted octanol–water partition coefficient (Wildman–Crippen LogP) is 3.28. The summed E-state index contributed by atoms with van der Waals surface area (Å²) in [5.74, 6) is 0.955. The Labute approximate surface area is 114 Å². The van der Waals surface area contributed by atoms with E-state index in [2.05, 4.69) is 31.0 Å². The maximum absolute atomic E-state index is 3.77. The lowest BCUT2D eigenvalue weighted by molar-refractivity contribution is 0.134. The molecule has 0 spiro atoms. The van der Waals surface area contributed by atoms with E-state index in [1.807, 2.05) is 0 Å². The van der Waals surface area contributed by atoms with Gasteiger partial charge in [0.05, 0.1) is 0 Å². The zero-order valence-electron chi connectivity index (χ0n) is 12.7. The Kier molecular flexibility index (Phi) is 5.08. The average molecular weight is 252 g/mol. The van der Waals surface area contributed by atoms with Crippen LogP contribution in [0.4, 0.5) is 0 Å². The van der Waals surface area contributed by atoms with Crippen molar-refractivity contribution >= 4 is 0 Å². The van der Waals surface area contributed by atoms with Gasteiger partial charge in [0.25, 0.3) is 0 Å². The van der Waals surface area contributed by atoms with E-state index >= 15 is 0 Å². The third-order valence-corrected chi connectivity index (χ3v) is 4.69. The summed E-state index contributed by atoms with van der Waals surface area (Å²) in [6.45, 7) is 12.1. The van der Waals surface area contributed by atoms with E-state index in [-0.39, 0.29) is 0 Å². The van der Waals surface area contributed by atoms with Gasteiger partial charge in [-0.15, -0.1) is 0 Å². The van der Waals surface area contributed by atoms with Gasteiger partial charge in [-0.25, -0.2) is 0 Å². The Balaban J connectivity index is 1.77. The Bertz CT molecular complexity index is 238. The smallest absolute Gasteiger partial charge is 0.0223 e. The van der Waals surface area contributed by atoms with Gasteiger partial charge >= 0.3 is 0 Å². The summed E-state index contributed by atoms with van der Waals surface area (Å²) < 4.78 is 0. The molecule has 0 radical (unpaired) electrons. The molecule has 1 heterocycles. The standard InChI is InChI=1S/C16H32N2/c1-16(2,3)9-11-18-12-10-17-15(13-18)14-7-5-4-6-8-14/h14-15,17H,4-13H2,1-3H3. The molecule has 2 rings (SSSR count). The van der Waals surface area contributed by atoms with Crippen LogP contribution in [-0.2, 0) is 0 Å². The molecule has 0 aromatic rings. The van der Waals surface area contributed by atoms with Crippen LogP contribution in [0.15, 0.2) is 0 Å². The molecule has 0 aromatic carbocycles. The fourth-order valence-corrected chi connectivity index (χ4v) is 3.39. The summed E-state index contributed by atoms with van der Waals surface area (Å²) in [7, 11) is 0. The molecule has 0 bridgehead atoms. The second-order valence-electron chi connectivity index (χ2n) is 7.57. The molecule has 2 aliphatic rings. The molecule has 106 valence electrons. The van der Waals surface area contributed by atoms with Crippen LogP contribution < -0.4 is 5.32 Å². The minimum absolute atomic E-state index is 0.477. The Morgan fingerprint density at radius 3 is 2.50 bits per heavy atom. The number of rotatable bonds is 3. The minimum atomic E-state index is 0.477. The highest BCUT2D eigenvalue weighted by atomic mass is 15.2. The quantitative estimate of drug-likeness (QED) is 0.829. The van der Waals surface area contributed by atoms with Gasteiger partial charge in [-0.2, -0.15) is 0 Å². The topological polar surface area (TPSA) is 15.3 Å². The van der Waals surface area contributed by atoms with Crippen LogP contribution in [0.5, 0.6) is 0 Å². The third-order valence-electron chi connectivity index (χ3n) is 4.69. The summed E-state index contributed by atoms with van der Waals surface area (Å²) in [4.78, 5) is 2.70.